The number of ketones is 1. The molecule has 2 saturated heterocycles. The molecule has 4 aromatic rings. The van der Waals surface area contributed by atoms with Crippen LogP contribution in [0.2, 0.25) is 10.0 Å². The second-order valence-corrected chi connectivity index (χ2v) is 14.8. The Morgan fingerprint density at radius 3 is 2.30 bits per heavy atom. The molecule has 3 heterocycles. The first kappa shape index (κ1) is 32.7. The first-order valence-corrected chi connectivity index (χ1v) is 18.1. The molecule has 2 aliphatic heterocycles. The van der Waals surface area contributed by atoms with Crippen LogP contribution < -0.4 is 10.5 Å². The lowest BCUT2D eigenvalue weighted by Gasteiger charge is -2.34. The Morgan fingerprint density at radius 1 is 0.915 bits per heavy atom. The Labute approximate surface area is 288 Å². The number of nitrogens with two attached hydrogens (primary N) is 1. The van der Waals surface area contributed by atoms with Crippen molar-refractivity contribution in [3.8, 4) is 16.9 Å². The van der Waals surface area contributed by atoms with Crippen LogP contribution in [-0.4, -0.2) is 58.0 Å². The number of hydrogen-bond donors (Lipinski definition) is 1. The summed E-state index contributed by atoms with van der Waals surface area (Å²) in [6.07, 6.45) is 10.9. The standard InChI is InChI=1S/C39H46Cl2N4O2/c1-47-31-14-12-28(13-15-31)33-25-43(19-6-3-10-38(46)39(42)17-4-2-5-18-39)37-16-11-27(20-32(33)37)22-44-23-30-21-29(44)24-45(30)26-34-35(40)8-7-9-36(34)41/h7-9,11-16,20,25,29-30H,2-6,10,17-19,21-24,26,42H2,1H3. The van der Waals surface area contributed by atoms with Crippen molar-refractivity contribution in [2.45, 2.75) is 95.0 Å². The van der Waals surface area contributed by atoms with Gasteiger partial charge in [0.25, 0.3) is 0 Å². The van der Waals surface area contributed by atoms with Gasteiger partial charge in [-0.1, -0.05) is 66.7 Å². The third-order valence-electron chi connectivity index (χ3n) is 11.0. The molecule has 2 bridgehead atoms. The van der Waals surface area contributed by atoms with Gasteiger partial charge in [0.1, 0.15) is 5.75 Å². The van der Waals surface area contributed by atoms with Crippen molar-refractivity contribution < 1.29 is 9.53 Å². The van der Waals surface area contributed by atoms with Crippen molar-refractivity contribution in [1.29, 1.82) is 0 Å². The van der Waals surface area contributed by atoms with E-state index in [-0.39, 0.29) is 5.78 Å². The first-order valence-electron chi connectivity index (χ1n) is 17.3. The molecule has 3 aromatic carbocycles. The number of methoxy groups -OCH3 is 1. The molecule has 2 unspecified atom stereocenters. The second-order valence-electron chi connectivity index (χ2n) is 14.0. The van der Waals surface area contributed by atoms with Crippen LogP contribution in [0.25, 0.3) is 22.0 Å². The summed E-state index contributed by atoms with van der Waals surface area (Å²) in [4.78, 5) is 18.2. The quantitative estimate of drug-likeness (QED) is 0.153. The number of hydrogen-bond acceptors (Lipinski definition) is 5. The molecule has 1 aliphatic carbocycles. The third-order valence-corrected chi connectivity index (χ3v) is 11.7. The van der Waals surface area contributed by atoms with Gasteiger partial charge in [-0.25, -0.2) is 0 Å². The minimum Gasteiger partial charge on any atom is -0.497 e. The Kier molecular flexibility index (Phi) is 9.68. The maximum Gasteiger partial charge on any atom is 0.152 e. The van der Waals surface area contributed by atoms with Crippen LogP contribution in [0.4, 0.5) is 0 Å². The van der Waals surface area contributed by atoms with Gasteiger partial charge in [-0.05, 0) is 79.6 Å². The number of Topliss-reactive ketones (excluding diaryl/α,β-unsaturated/α-hetero) is 1. The molecular formula is C39H46Cl2N4O2. The van der Waals surface area contributed by atoms with Gasteiger partial charge in [0.2, 0.25) is 0 Å². The van der Waals surface area contributed by atoms with Gasteiger partial charge >= 0.3 is 0 Å². The number of carbonyl (C=O) groups excluding carboxylic acids is 1. The summed E-state index contributed by atoms with van der Waals surface area (Å²) in [5.41, 5.74) is 12.0. The SMILES string of the molecule is COc1ccc(-c2cn(CCCCC(=O)C3(N)CCCCC3)c3ccc(CN4CC5CC4CN5Cc4c(Cl)cccc4Cl)cc23)cc1. The minimum absolute atomic E-state index is 0.254. The van der Waals surface area contributed by atoms with E-state index >= 15 is 0 Å². The van der Waals surface area contributed by atoms with E-state index < -0.39 is 5.54 Å². The van der Waals surface area contributed by atoms with Crippen LogP contribution in [0.15, 0.2) is 66.9 Å². The molecule has 2 N–H and O–H groups in total. The number of piperazine rings is 1. The highest BCUT2D eigenvalue weighted by Crippen LogP contribution is 2.37. The Hall–Kier alpha value is -2.87. The van der Waals surface area contributed by atoms with E-state index in [1.807, 2.05) is 30.3 Å². The normalized spacial score (nSPS) is 21.1. The molecule has 8 heteroatoms. The van der Waals surface area contributed by atoms with E-state index in [1.165, 1.54) is 40.4 Å². The number of aromatic nitrogens is 1. The van der Waals surface area contributed by atoms with Crippen LogP contribution in [0.3, 0.4) is 0 Å². The lowest BCUT2D eigenvalue weighted by atomic mass is 9.78. The van der Waals surface area contributed by atoms with E-state index in [9.17, 15) is 4.79 Å². The van der Waals surface area contributed by atoms with Crippen LogP contribution in [0.5, 0.6) is 5.75 Å². The van der Waals surface area contributed by atoms with Crippen LogP contribution in [0, 0.1) is 0 Å². The van der Waals surface area contributed by atoms with E-state index in [0.717, 1.165) is 92.6 Å². The number of nitrogens with zero attached hydrogens (tertiary/aromatic N) is 3. The summed E-state index contributed by atoms with van der Waals surface area (Å²) >= 11 is 13.0. The van der Waals surface area contributed by atoms with Gasteiger partial charge in [0.05, 0.1) is 12.6 Å². The summed E-state index contributed by atoms with van der Waals surface area (Å²) < 4.78 is 7.81. The number of rotatable bonds is 12. The molecule has 6 nitrogen and oxygen atoms in total. The summed E-state index contributed by atoms with van der Waals surface area (Å²) in [6, 6.07) is 22.2. The fourth-order valence-corrected chi connectivity index (χ4v) is 8.76. The fraction of sp³-hybridized carbons (Fsp3) is 0.462. The number of carbonyl (C=O) groups is 1. The lowest BCUT2D eigenvalue weighted by Crippen LogP contribution is -2.49. The highest BCUT2D eigenvalue weighted by atomic mass is 35.5. The molecule has 0 spiro atoms. The topological polar surface area (TPSA) is 63.7 Å². The summed E-state index contributed by atoms with van der Waals surface area (Å²) in [5, 5.41) is 2.77. The molecule has 7 rings (SSSR count). The monoisotopic (exact) mass is 672 g/mol. The molecule has 1 saturated carbocycles. The van der Waals surface area contributed by atoms with E-state index in [4.69, 9.17) is 33.7 Å². The zero-order valence-corrected chi connectivity index (χ0v) is 28.9. The van der Waals surface area contributed by atoms with Crippen molar-refractivity contribution in [2.75, 3.05) is 20.2 Å². The van der Waals surface area contributed by atoms with Gasteiger partial charge in [0.15, 0.2) is 5.78 Å². The zero-order chi connectivity index (χ0) is 32.5. The summed E-state index contributed by atoms with van der Waals surface area (Å²) in [6.45, 7) is 4.71. The highest BCUT2D eigenvalue weighted by Gasteiger charge is 2.43. The third kappa shape index (κ3) is 6.86. The number of likely N-dealkylation sites (tertiary alicyclic amines) is 2. The van der Waals surface area contributed by atoms with E-state index in [2.05, 4.69) is 50.9 Å². The molecule has 248 valence electrons. The van der Waals surface area contributed by atoms with Crippen LogP contribution in [0.1, 0.15) is 68.9 Å². The Morgan fingerprint density at radius 2 is 1.62 bits per heavy atom. The number of fused-ring (bicyclic) bond motifs is 3. The number of unbranched alkanes of at least 4 members (excludes halogenated alkanes) is 1. The number of benzene rings is 3. The molecule has 2 atom stereocenters. The van der Waals surface area contributed by atoms with E-state index in [0.29, 0.717) is 18.5 Å². The van der Waals surface area contributed by atoms with Crippen molar-refractivity contribution in [3.63, 3.8) is 0 Å². The predicted octanol–water partition coefficient (Wildman–Crippen LogP) is 8.48. The van der Waals surface area contributed by atoms with Crippen molar-refractivity contribution >= 4 is 39.9 Å². The van der Waals surface area contributed by atoms with Gasteiger partial charge in [-0.15, -0.1) is 0 Å². The average Bonchev–Trinajstić information content (AvgIpc) is 3.78. The zero-order valence-electron chi connectivity index (χ0n) is 27.4. The maximum absolute atomic E-state index is 13.0. The summed E-state index contributed by atoms with van der Waals surface area (Å²) in [7, 11) is 1.70. The average molecular weight is 674 g/mol. The summed E-state index contributed by atoms with van der Waals surface area (Å²) in [5.74, 6) is 1.11. The lowest BCUT2D eigenvalue weighted by molar-refractivity contribution is -0.125. The Balaban J connectivity index is 1.05. The first-order chi connectivity index (χ1) is 22.8. The minimum atomic E-state index is -0.590. The van der Waals surface area contributed by atoms with Crippen LogP contribution in [-0.2, 0) is 24.4 Å². The molecule has 3 aliphatic rings. The molecule has 47 heavy (non-hydrogen) atoms. The Bertz CT molecular complexity index is 1710. The van der Waals surface area contributed by atoms with Crippen molar-refractivity contribution in [3.05, 3.63) is 88.0 Å². The number of ether oxygens (including phenoxy) is 1. The number of aryl methyl sites for hydroxylation is 1. The van der Waals surface area contributed by atoms with E-state index in [1.54, 1.807) is 7.11 Å². The van der Waals surface area contributed by atoms with Crippen molar-refractivity contribution in [1.82, 2.24) is 14.4 Å². The largest absolute Gasteiger partial charge is 0.497 e. The number of halogens is 2. The van der Waals surface area contributed by atoms with Crippen molar-refractivity contribution in [2.24, 2.45) is 5.73 Å². The van der Waals surface area contributed by atoms with Gasteiger partial charge in [0, 0.05) is 89.5 Å². The van der Waals surface area contributed by atoms with Crippen LogP contribution >= 0.6 is 23.2 Å². The highest BCUT2D eigenvalue weighted by molar-refractivity contribution is 6.36. The van der Waals surface area contributed by atoms with Gasteiger partial charge < -0.3 is 15.0 Å². The van der Waals surface area contributed by atoms with Gasteiger partial charge in [-0.3, -0.25) is 14.6 Å². The second kappa shape index (κ2) is 13.9. The molecule has 3 fully saturated rings. The molecule has 0 amide bonds. The smallest absolute Gasteiger partial charge is 0.152 e. The maximum atomic E-state index is 13.0. The molecule has 1 aromatic heterocycles. The predicted molar refractivity (Wildman–Crippen MR) is 192 cm³/mol. The molecule has 0 radical (unpaired) electrons. The fourth-order valence-electron chi connectivity index (χ4n) is 8.25. The molecular weight excluding hydrogens is 627 g/mol. The van der Waals surface area contributed by atoms with Gasteiger partial charge in [-0.2, -0.15) is 0 Å².